The molecule has 1 aliphatic carbocycles. The number of ketones is 1. The third kappa shape index (κ3) is 4.60. The second-order valence-corrected chi connectivity index (χ2v) is 8.52. The number of methoxy groups -OCH3 is 2. The number of aliphatic hydroxyl groups is 1. The molecule has 0 spiro atoms. The first-order chi connectivity index (χ1) is 15.9. The lowest BCUT2D eigenvalue weighted by Crippen LogP contribution is -2.19. The lowest BCUT2D eigenvalue weighted by Gasteiger charge is -2.19. The van der Waals surface area contributed by atoms with Crippen molar-refractivity contribution in [1.82, 2.24) is 8.75 Å². The van der Waals surface area contributed by atoms with Gasteiger partial charge in [-0.2, -0.15) is 8.75 Å². The zero-order valence-electron chi connectivity index (χ0n) is 18.3. The van der Waals surface area contributed by atoms with Crippen molar-refractivity contribution in [3.05, 3.63) is 53.1 Å². The number of hydrogen-bond donors (Lipinski definition) is 2. The average molecular weight is 469 g/mol. The lowest BCUT2D eigenvalue weighted by atomic mass is 9.86. The Morgan fingerprint density at radius 1 is 1.00 bits per heavy atom. The molecular weight excluding hydrogens is 444 g/mol. The molecule has 172 valence electrons. The first-order valence-corrected chi connectivity index (χ1v) is 11.3. The molecule has 0 radical (unpaired) electrons. The summed E-state index contributed by atoms with van der Waals surface area (Å²) in [5, 5.41) is 20.6. The third-order valence-corrected chi connectivity index (χ3v) is 6.62. The third-order valence-electron chi connectivity index (χ3n) is 6.06. The normalized spacial score (nSPS) is 18.8. The van der Waals surface area contributed by atoms with E-state index in [2.05, 4.69) is 8.75 Å². The number of ether oxygens (including phenoxy) is 2. The van der Waals surface area contributed by atoms with Gasteiger partial charge in [-0.1, -0.05) is 12.5 Å². The highest BCUT2D eigenvalue weighted by atomic mass is 32.1. The van der Waals surface area contributed by atoms with Crippen LogP contribution in [0.5, 0.6) is 11.5 Å². The number of aliphatic carboxylic acids is 1. The molecule has 1 fully saturated rings. The molecule has 1 aliphatic rings. The number of fused-ring (bicyclic) bond motifs is 1. The Bertz CT molecular complexity index is 1230. The number of carbonyl (C=O) groups is 2. The molecule has 4 rings (SSSR count). The molecule has 1 saturated carbocycles. The van der Waals surface area contributed by atoms with Crippen LogP contribution in [-0.4, -0.2) is 51.0 Å². The van der Waals surface area contributed by atoms with Crippen LogP contribution in [-0.2, 0) is 4.79 Å². The first kappa shape index (κ1) is 22.9. The largest absolute Gasteiger partial charge is 0.493 e. The molecule has 9 heteroatoms. The van der Waals surface area contributed by atoms with Crippen molar-refractivity contribution >= 4 is 40.1 Å². The van der Waals surface area contributed by atoms with Gasteiger partial charge in [-0.05, 0) is 61.1 Å². The van der Waals surface area contributed by atoms with Gasteiger partial charge in [-0.3, -0.25) is 4.79 Å². The summed E-state index contributed by atoms with van der Waals surface area (Å²) in [6.07, 6.45) is 1.79. The summed E-state index contributed by atoms with van der Waals surface area (Å²) in [5.74, 6) is -0.998. The fourth-order valence-corrected chi connectivity index (χ4v) is 4.86. The van der Waals surface area contributed by atoms with Crippen LogP contribution < -0.4 is 9.47 Å². The summed E-state index contributed by atoms with van der Waals surface area (Å²) < 4.78 is 18.9. The van der Waals surface area contributed by atoms with Gasteiger partial charge in [-0.25, -0.2) is 4.79 Å². The zero-order valence-corrected chi connectivity index (χ0v) is 19.1. The second-order valence-electron chi connectivity index (χ2n) is 7.99. The Balaban J connectivity index is 1.87. The second kappa shape index (κ2) is 9.68. The van der Waals surface area contributed by atoms with Gasteiger partial charge in [0.05, 0.1) is 37.6 Å². The first-order valence-electron chi connectivity index (χ1n) is 10.6. The minimum Gasteiger partial charge on any atom is -0.493 e. The molecule has 0 aliphatic heterocycles. The van der Waals surface area contributed by atoms with E-state index in [1.807, 2.05) is 0 Å². The number of aliphatic hydroxyl groups excluding tert-OH is 1. The number of carboxylic acids is 1. The quantitative estimate of drug-likeness (QED) is 0.376. The van der Waals surface area contributed by atoms with Crippen molar-refractivity contribution in [2.24, 2.45) is 5.92 Å². The van der Waals surface area contributed by atoms with E-state index >= 15 is 0 Å². The topological polar surface area (TPSA) is 119 Å². The number of carbonyl (C=O) groups excluding carboxylic acids is 1. The SMILES string of the molecule is COc1ccc(C(=O)C(CC2CCCC2O)=C(C(=O)O)c2ccc3nsnc3c2)cc1OC. The number of nitrogens with zero attached hydrogens (tertiary/aromatic N) is 2. The number of carboxylic acid groups (broad SMARTS) is 1. The molecular formula is C24H24N2O6S. The molecule has 1 heterocycles. The van der Waals surface area contributed by atoms with E-state index in [1.54, 1.807) is 36.4 Å². The van der Waals surface area contributed by atoms with Crippen molar-refractivity contribution in [3.63, 3.8) is 0 Å². The smallest absolute Gasteiger partial charge is 0.336 e. The molecule has 0 amide bonds. The average Bonchev–Trinajstić information content (AvgIpc) is 3.45. The van der Waals surface area contributed by atoms with Gasteiger partial charge in [0, 0.05) is 11.1 Å². The zero-order chi connectivity index (χ0) is 23.5. The van der Waals surface area contributed by atoms with Crippen LogP contribution in [0.1, 0.15) is 41.6 Å². The van der Waals surface area contributed by atoms with Crippen molar-refractivity contribution in [3.8, 4) is 11.5 Å². The summed E-state index contributed by atoms with van der Waals surface area (Å²) >= 11 is 1.04. The summed E-state index contributed by atoms with van der Waals surface area (Å²) in [6, 6.07) is 9.71. The molecule has 8 nitrogen and oxygen atoms in total. The Morgan fingerprint density at radius 2 is 1.73 bits per heavy atom. The lowest BCUT2D eigenvalue weighted by molar-refractivity contribution is -0.130. The van der Waals surface area contributed by atoms with E-state index < -0.39 is 17.9 Å². The number of benzene rings is 2. The molecule has 2 N–H and O–H groups in total. The number of Topliss-reactive ketones (excluding diaryl/α,β-unsaturated/α-hetero) is 1. The van der Waals surface area contributed by atoms with E-state index in [0.717, 1.165) is 24.6 Å². The molecule has 2 unspecified atom stereocenters. The van der Waals surface area contributed by atoms with Crippen LogP contribution >= 0.6 is 11.7 Å². The summed E-state index contributed by atoms with van der Waals surface area (Å²) in [4.78, 5) is 26.2. The highest BCUT2D eigenvalue weighted by Crippen LogP contribution is 2.37. The summed E-state index contributed by atoms with van der Waals surface area (Å²) in [7, 11) is 2.97. The van der Waals surface area contributed by atoms with Crippen LogP contribution in [0, 0.1) is 5.92 Å². The molecule has 1 aromatic heterocycles. The maximum atomic E-state index is 13.7. The maximum absolute atomic E-state index is 13.7. The molecule has 3 aromatic rings. The van der Waals surface area contributed by atoms with Gasteiger partial charge < -0.3 is 19.7 Å². The summed E-state index contributed by atoms with van der Waals surface area (Å²) in [5.41, 5.74) is 1.93. The molecule has 2 atom stereocenters. The van der Waals surface area contributed by atoms with Crippen molar-refractivity contribution in [2.45, 2.75) is 31.8 Å². The van der Waals surface area contributed by atoms with Gasteiger partial charge in [0.1, 0.15) is 11.0 Å². The Morgan fingerprint density at radius 3 is 2.39 bits per heavy atom. The molecule has 0 bridgehead atoms. The minimum atomic E-state index is -1.21. The van der Waals surface area contributed by atoms with Crippen molar-refractivity contribution in [2.75, 3.05) is 14.2 Å². The monoisotopic (exact) mass is 468 g/mol. The molecule has 0 saturated heterocycles. The number of hydrogen-bond acceptors (Lipinski definition) is 8. The van der Waals surface area contributed by atoms with Crippen molar-refractivity contribution in [1.29, 1.82) is 0 Å². The molecule has 33 heavy (non-hydrogen) atoms. The van der Waals surface area contributed by atoms with Crippen LogP contribution in [0.25, 0.3) is 16.6 Å². The fraction of sp³-hybridized carbons (Fsp3) is 0.333. The van der Waals surface area contributed by atoms with E-state index in [4.69, 9.17) is 9.47 Å². The maximum Gasteiger partial charge on any atom is 0.336 e. The Labute approximate surface area is 194 Å². The Kier molecular flexibility index (Phi) is 6.71. The van der Waals surface area contributed by atoms with E-state index in [1.165, 1.54) is 14.2 Å². The van der Waals surface area contributed by atoms with Gasteiger partial charge in [0.2, 0.25) is 0 Å². The van der Waals surface area contributed by atoms with Gasteiger partial charge in [-0.15, -0.1) is 0 Å². The van der Waals surface area contributed by atoms with Crippen LogP contribution in [0.4, 0.5) is 0 Å². The number of rotatable bonds is 8. The van der Waals surface area contributed by atoms with E-state index in [9.17, 15) is 19.8 Å². The van der Waals surface area contributed by atoms with Crippen LogP contribution in [0.15, 0.2) is 42.0 Å². The van der Waals surface area contributed by atoms with Gasteiger partial charge in [0.15, 0.2) is 17.3 Å². The Hall–Kier alpha value is -3.30. The predicted octanol–water partition coefficient (Wildman–Crippen LogP) is 3.98. The van der Waals surface area contributed by atoms with Gasteiger partial charge in [0.25, 0.3) is 0 Å². The summed E-state index contributed by atoms with van der Waals surface area (Å²) in [6.45, 7) is 0. The van der Waals surface area contributed by atoms with Gasteiger partial charge >= 0.3 is 5.97 Å². The highest BCUT2D eigenvalue weighted by molar-refractivity contribution is 7.00. The standard InChI is InChI=1S/C24H24N2O6S/c1-31-20-9-7-15(12-21(20)32-2)23(28)16(10-13-4-3-5-19(13)27)22(24(29)30)14-6-8-17-18(11-14)26-33-25-17/h6-9,11-13,19,27H,3-5,10H2,1-2H3,(H,29,30). The fourth-order valence-electron chi connectivity index (χ4n) is 4.34. The highest BCUT2D eigenvalue weighted by Gasteiger charge is 2.32. The van der Waals surface area contributed by atoms with E-state index in [-0.39, 0.29) is 29.0 Å². The predicted molar refractivity (Wildman–Crippen MR) is 124 cm³/mol. The van der Waals surface area contributed by atoms with E-state index in [0.29, 0.717) is 34.5 Å². The van der Waals surface area contributed by atoms with Crippen molar-refractivity contribution < 1.29 is 29.3 Å². The van der Waals surface area contributed by atoms with Crippen LogP contribution in [0.3, 0.4) is 0 Å². The number of allylic oxidation sites excluding steroid dienone is 1. The molecule has 2 aromatic carbocycles. The number of aromatic nitrogens is 2. The van der Waals surface area contributed by atoms with Crippen LogP contribution in [0.2, 0.25) is 0 Å². The minimum absolute atomic E-state index is 0.0937.